The van der Waals surface area contributed by atoms with Gasteiger partial charge in [0.2, 0.25) is 12.7 Å². The van der Waals surface area contributed by atoms with E-state index in [0.717, 1.165) is 30.0 Å². The summed E-state index contributed by atoms with van der Waals surface area (Å²) >= 11 is 0. The number of carbonyl (C=O) groups excluding carboxylic acids is 1. The lowest BCUT2D eigenvalue weighted by atomic mass is 10.1. The van der Waals surface area contributed by atoms with Crippen molar-refractivity contribution in [2.24, 2.45) is 0 Å². The standard InChI is InChI=1S/C20H20N4O3/c25-20(4-2-16-1-3-17-18(13-16)27-14-26-17)22-19-8-12-24(23-19)11-7-15-5-9-21-10-6-15/h1,3,5-6,8-10,12-13H,2,4,7,11,14H2,(H,22,23,25). The zero-order chi connectivity index (χ0) is 18.5. The molecular formula is C20H20N4O3. The average molecular weight is 364 g/mol. The molecule has 7 nitrogen and oxygen atoms in total. The van der Waals surface area contributed by atoms with Gasteiger partial charge in [-0.3, -0.25) is 14.5 Å². The van der Waals surface area contributed by atoms with E-state index in [-0.39, 0.29) is 12.7 Å². The van der Waals surface area contributed by atoms with E-state index in [4.69, 9.17) is 9.47 Å². The number of nitrogens with one attached hydrogen (secondary N) is 1. The highest BCUT2D eigenvalue weighted by atomic mass is 16.7. The molecule has 0 bridgehead atoms. The highest BCUT2D eigenvalue weighted by Gasteiger charge is 2.14. The van der Waals surface area contributed by atoms with Crippen molar-refractivity contribution in [1.29, 1.82) is 0 Å². The number of hydrogen-bond donors (Lipinski definition) is 1. The molecule has 1 amide bonds. The summed E-state index contributed by atoms with van der Waals surface area (Å²) in [4.78, 5) is 16.2. The van der Waals surface area contributed by atoms with Crippen LogP contribution in [-0.4, -0.2) is 27.5 Å². The Morgan fingerprint density at radius 2 is 1.89 bits per heavy atom. The van der Waals surface area contributed by atoms with Gasteiger partial charge in [-0.2, -0.15) is 5.10 Å². The van der Waals surface area contributed by atoms with Gasteiger partial charge < -0.3 is 14.8 Å². The fourth-order valence-electron chi connectivity index (χ4n) is 2.91. The molecule has 3 heterocycles. The van der Waals surface area contributed by atoms with Crippen LogP contribution in [0.3, 0.4) is 0 Å². The largest absolute Gasteiger partial charge is 0.454 e. The molecule has 4 rings (SSSR count). The molecule has 7 heteroatoms. The molecule has 1 aliphatic rings. The monoisotopic (exact) mass is 364 g/mol. The molecule has 1 aliphatic heterocycles. The molecule has 138 valence electrons. The molecular weight excluding hydrogens is 344 g/mol. The normalized spacial score (nSPS) is 12.1. The van der Waals surface area contributed by atoms with Gasteiger partial charge in [-0.15, -0.1) is 0 Å². The van der Waals surface area contributed by atoms with Crippen LogP contribution in [0.5, 0.6) is 11.5 Å². The van der Waals surface area contributed by atoms with Crippen molar-refractivity contribution in [3.05, 3.63) is 66.1 Å². The van der Waals surface area contributed by atoms with Crippen LogP contribution < -0.4 is 14.8 Å². The Hall–Kier alpha value is -3.35. The average Bonchev–Trinajstić information content (AvgIpc) is 3.34. The number of nitrogens with zero attached hydrogens (tertiary/aromatic N) is 3. The summed E-state index contributed by atoms with van der Waals surface area (Å²) in [6.07, 6.45) is 7.31. The number of rotatable bonds is 7. The molecule has 2 aromatic heterocycles. The van der Waals surface area contributed by atoms with Crippen molar-refractivity contribution in [1.82, 2.24) is 14.8 Å². The summed E-state index contributed by atoms with van der Waals surface area (Å²) in [5, 5.41) is 7.25. The summed E-state index contributed by atoms with van der Waals surface area (Å²) in [7, 11) is 0. The molecule has 0 fully saturated rings. The summed E-state index contributed by atoms with van der Waals surface area (Å²) < 4.78 is 12.5. The molecule has 27 heavy (non-hydrogen) atoms. The second-order valence-corrected chi connectivity index (χ2v) is 6.31. The number of aromatic nitrogens is 3. The second-order valence-electron chi connectivity index (χ2n) is 6.31. The van der Waals surface area contributed by atoms with Crippen molar-refractivity contribution in [2.75, 3.05) is 12.1 Å². The van der Waals surface area contributed by atoms with E-state index in [2.05, 4.69) is 15.4 Å². The number of benzene rings is 1. The van der Waals surface area contributed by atoms with Crippen molar-refractivity contribution in [3.8, 4) is 11.5 Å². The minimum absolute atomic E-state index is 0.0629. The summed E-state index contributed by atoms with van der Waals surface area (Å²) in [5.74, 6) is 1.99. The maximum atomic E-state index is 12.2. The third-order valence-electron chi connectivity index (χ3n) is 4.36. The van der Waals surface area contributed by atoms with Crippen LogP contribution in [0.1, 0.15) is 17.5 Å². The zero-order valence-corrected chi connectivity index (χ0v) is 14.8. The fourth-order valence-corrected chi connectivity index (χ4v) is 2.91. The van der Waals surface area contributed by atoms with Crippen LogP contribution >= 0.6 is 0 Å². The van der Waals surface area contributed by atoms with Crippen LogP contribution in [0.4, 0.5) is 5.82 Å². The lowest BCUT2D eigenvalue weighted by molar-refractivity contribution is -0.116. The quantitative estimate of drug-likeness (QED) is 0.697. The minimum atomic E-state index is -0.0629. The van der Waals surface area contributed by atoms with E-state index >= 15 is 0 Å². The Morgan fingerprint density at radius 3 is 2.78 bits per heavy atom. The van der Waals surface area contributed by atoms with Gasteiger partial charge in [0.1, 0.15) is 0 Å². The molecule has 0 saturated carbocycles. The van der Waals surface area contributed by atoms with Gasteiger partial charge in [0.25, 0.3) is 0 Å². The zero-order valence-electron chi connectivity index (χ0n) is 14.8. The van der Waals surface area contributed by atoms with Gasteiger partial charge in [0.15, 0.2) is 17.3 Å². The molecule has 0 aliphatic carbocycles. The smallest absolute Gasteiger partial charge is 0.231 e. The van der Waals surface area contributed by atoms with Crippen molar-refractivity contribution >= 4 is 11.7 Å². The number of carbonyl (C=O) groups is 1. The number of anilines is 1. The molecule has 0 unspecified atom stereocenters. The molecule has 0 atom stereocenters. The Bertz CT molecular complexity index is 924. The maximum Gasteiger partial charge on any atom is 0.231 e. The van der Waals surface area contributed by atoms with Crippen LogP contribution in [0.15, 0.2) is 55.0 Å². The number of ether oxygens (including phenoxy) is 2. The van der Waals surface area contributed by atoms with Crippen LogP contribution in [0, 0.1) is 0 Å². The highest BCUT2D eigenvalue weighted by Crippen LogP contribution is 2.32. The molecule has 3 aromatic rings. The Labute approximate surface area is 156 Å². The highest BCUT2D eigenvalue weighted by molar-refractivity contribution is 5.89. The first-order valence-corrected chi connectivity index (χ1v) is 8.87. The van der Waals surface area contributed by atoms with E-state index in [0.29, 0.717) is 18.7 Å². The topological polar surface area (TPSA) is 78.3 Å². The van der Waals surface area contributed by atoms with Gasteiger partial charge in [-0.05, 0) is 48.2 Å². The minimum Gasteiger partial charge on any atom is -0.454 e. The van der Waals surface area contributed by atoms with E-state index in [1.807, 2.05) is 47.3 Å². The van der Waals surface area contributed by atoms with Gasteiger partial charge in [0, 0.05) is 37.6 Å². The van der Waals surface area contributed by atoms with E-state index in [9.17, 15) is 4.79 Å². The predicted molar refractivity (Wildman–Crippen MR) is 99.7 cm³/mol. The number of pyridine rings is 1. The van der Waals surface area contributed by atoms with Gasteiger partial charge >= 0.3 is 0 Å². The van der Waals surface area contributed by atoms with Crippen LogP contribution in [-0.2, 0) is 24.2 Å². The Balaban J connectivity index is 1.25. The fraction of sp³-hybridized carbons (Fsp3) is 0.250. The molecule has 0 saturated heterocycles. The van der Waals surface area contributed by atoms with E-state index in [1.54, 1.807) is 12.4 Å². The van der Waals surface area contributed by atoms with Crippen LogP contribution in [0.25, 0.3) is 0 Å². The van der Waals surface area contributed by atoms with Crippen LogP contribution in [0.2, 0.25) is 0 Å². The molecule has 0 spiro atoms. The Morgan fingerprint density at radius 1 is 1.04 bits per heavy atom. The van der Waals surface area contributed by atoms with Crippen molar-refractivity contribution in [3.63, 3.8) is 0 Å². The number of fused-ring (bicyclic) bond motifs is 1. The van der Waals surface area contributed by atoms with Crippen molar-refractivity contribution in [2.45, 2.75) is 25.8 Å². The van der Waals surface area contributed by atoms with Gasteiger partial charge in [-0.25, -0.2) is 0 Å². The SMILES string of the molecule is O=C(CCc1ccc2c(c1)OCO2)Nc1ccn(CCc2ccncc2)n1. The third kappa shape index (κ3) is 4.44. The molecule has 1 aromatic carbocycles. The lowest BCUT2D eigenvalue weighted by Crippen LogP contribution is -2.13. The number of hydrogen-bond acceptors (Lipinski definition) is 5. The Kier molecular flexibility index (Phi) is 5.00. The summed E-state index contributed by atoms with van der Waals surface area (Å²) in [6, 6.07) is 11.5. The summed E-state index contributed by atoms with van der Waals surface area (Å²) in [5.41, 5.74) is 2.24. The number of amides is 1. The van der Waals surface area contributed by atoms with Crippen molar-refractivity contribution < 1.29 is 14.3 Å². The first-order valence-electron chi connectivity index (χ1n) is 8.87. The summed E-state index contributed by atoms with van der Waals surface area (Å²) in [6.45, 7) is 1.00. The maximum absolute atomic E-state index is 12.2. The molecule has 0 radical (unpaired) electrons. The van der Waals surface area contributed by atoms with Gasteiger partial charge in [0.05, 0.1) is 0 Å². The third-order valence-corrected chi connectivity index (χ3v) is 4.36. The molecule has 1 N–H and O–H groups in total. The lowest BCUT2D eigenvalue weighted by Gasteiger charge is -2.04. The predicted octanol–water partition coefficient (Wildman–Crippen LogP) is 2.82. The van der Waals surface area contributed by atoms with Gasteiger partial charge in [-0.1, -0.05) is 6.07 Å². The second kappa shape index (κ2) is 7.90. The number of aryl methyl sites for hydroxylation is 3. The van der Waals surface area contributed by atoms with E-state index < -0.39 is 0 Å². The first kappa shape index (κ1) is 17.1. The van der Waals surface area contributed by atoms with E-state index in [1.165, 1.54) is 5.56 Å². The first-order chi connectivity index (χ1) is 13.3.